The lowest BCUT2D eigenvalue weighted by Gasteiger charge is -2.24. The smallest absolute Gasteiger partial charge is 0.305 e. The van der Waals surface area contributed by atoms with E-state index in [9.17, 15) is 24.3 Å². The fraction of sp³-hybridized carbons (Fsp3) is 0.414. The normalized spacial score (nSPS) is 14.7. The van der Waals surface area contributed by atoms with Crippen molar-refractivity contribution in [3.8, 4) is 0 Å². The SMILES string of the molecule is CN(Cc1nc2ccccc2[nH]1)C(=O)c1ccc2c(c1)CN(CCNC(=O)CCCCCN)C(=O)[C@H](CC(=O)O)N2. The number of carboxylic acids is 1. The van der Waals surface area contributed by atoms with E-state index in [1.807, 2.05) is 24.3 Å². The number of nitrogens with one attached hydrogen (secondary N) is 3. The molecular weight excluding hydrogens is 526 g/mol. The van der Waals surface area contributed by atoms with Crippen LogP contribution >= 0.6 is 0 Å². The van der Waals surface area contributed by atoms with E-state index in [2.05, 4.69) is 20.6 Å². The molecule has 3 aromatic rings. The molecule has 2 heterocycles. The molecule has 1 aromatic heterocycles. The van der Waals surface area contributed by atoms with Gasteiger partial charge in [-0.05, 0) is 55.3 Å². The molecule has 6 N–H and O–H groups in total. The van der Waals surface area contributed by atoms with Gasteiger partial charge in [0.25, 0.3) is 5.91 Å². The maximum atomic E-state index is 13.3. The lowest BCUT2D eigenvalue weighted by molar-refractivity contribution is -0.141. The van der Waals surface area contributed by atoms with Crippen molar-refractivity contribution in [1.82, 2.24) is 25.1 Å². The summed E-state index contributed by atoms with van der Waals surface area (Å²) in [5.74, 6) is -1.16. The molecule has 1 aliphatic heterocycles. The van der Waals surface area contributed by atoms with Crippen LogP contribution in [0.4, 0.5) is 5.69 Å². The molecule has 0 saturated carbocycles. The molecule has 0 aliphatic carbocycles. The van der Waals surface area contributed by atoms with Gasteiger partial charge in [0.05, 0.1) is 24.0 Å². The summed E-state index contributed by atoms with van der Waals surface area (Å²) in [5, 5.41) is 15.3. The highest BCUT2D eigenvalue weighted by molar-refractivity contribution is 5.95. The van der Waals surface area contributed by atoms with Gasteiger partial charge in [-0.1, -0.05) is 18.6 Å². The number of aromatic amines is 1. The van der Waals surface area contributed by atoms with Crippen molar-refractivity contribution in [3.05, 3.63) is 59.4 Å². The van der Waals surface area contributed by atoms with Crippen LogP contribution in [0.3, 0.4) is 0 Å². The molecule has 3 amide bonds. The summed E-state index contributed by atoms with van der Waals surface area (Å²) >= 11 is 0. The van der Waals surface area contributed by atoms with Crippen molar-refractivity contribution >= 4 is 40.4 Å². The number of benzene rings is 2. The molecule has 2 aromatic carbocycles. The zero-order chi connectivity index (χ0) is 29.4. The van der Waals surface area contributed by atoms with E-state index in [0.717, 1.165) is 30.3 Å². The van der Waals surface area contributed by atoms with Crippen LogP contribution in [-0.4, -0.2) is 81.3 Å². The lowest BCUT2D eigenvalue weighted by Crippen LogP contribution is -2.44. The molecule has 4 rings (SSSR count). The van der Waals surface area contributed by atoms with E-state index in [4.69, 9.17) is 5.73 Å². The third-order valence-corrected chi connectivity index (χ3v) is 7.02. The number of carbonyl (C=O) groups is 4. The molecule has 0 fully saturated rings. The summed E-state index contributed by atoms with van der Waals surface area (Å²) in [6.45, 7) is 1.47. The summed E-state index contributed by atoms with van der Waals surface area (Å²) in [7, 11) is 1.69. The van der Waals surface area contributed by atoms with E-state index >= 15 is 0 Å². The Labute approximate surface area is 238 Å². The highest BCUT2D eigenvalue weighted by Crippen LogP contribution is 2.26. The second-order valence-electron chi connectivity index (χ2n) is 10.2. The number of carbonyl (C=O) groups excluding carboxylic acids is 3. The van der Waals surface area contributed by atoms with E-state index < -0.39 is 18.4 Å². The highest BCUT2D eigenvalue weighted by atomic mass is 16.4. The Kier molecular flexibility index (Phi) is 9.91. The average Bonchev–Trinajstić information content (AvgIpc) is 3.31. The number of amides is 3. The number of nitrogens with two attached hydrogens (primary N) is 1. The number of anilines is 1. The first-order valence-electron chi connectivity index (χ1n) is 13.8. The molecule has 12 heteroatoms. The van der Waals surface area contributed by atoms with Gasteiger partial charge in [0.2, 0.25) is 11.8 Å². The lowest BCUT2D eigenvalue weighted by atomic mass is 10.1. The number of para-hydroxylation sites is 2. The van der Waals surface area contributed by atoms with E-state index in [1.165, 1.54) is 4.90 Å². The number of aliphatic carboxylic acids is 1. The third kappa shape index (κ3) is 7.82. The number of nitrogens with zero attached hydrogens (tertiary/aromatic N) is 3. The predicted octanol–water partition coefficient (Wildman–Crippen LogP) is 2.07. The minimum absolute atomic E-state index is 0.106. The van der Waals surface area contributed by atoms with Gasteiger partial charge in [0.1, 0.15) is 11.9 Å². The number of carboxylic acid groups (broad SMARTS) is 1. The second-order valence-corrected chi connectivity index (χ2v) is 10.2. The van der Waals surface area contributed by atoms with Gasteiger partial charge in [-0.3, -0.25) is 19.2 Å². The largest absolute Gasteiger partial charge is 0.481 e. The Balaban J connectivity index is 1.45. The number of hydrogen-bond acceptors (Lipinski definition) is 7. The molecule has 0 unspecified atom stereocenters. The van der Waals surface area contributed by atoms with Crippen LogP contribution in [0.5, 0.6) is 0 Å². The van der Waals surface area contributed by atoms with Gasteiger partial charge < -0.3 is 36.3 Å². The topological polar surface area (TPSA) is 174 Å². The first-order chi connectivity index (χ1) is 19.7. The first kappa shape index (κ1) is 29.5. The zero-order valence-corrected chi connectivity index (χ0v) is 23.2. The summed E-state index contributed by atoms with van der Waals surface area (Å²) in [4.78, 5) is 61.1. The summed E-state index contributed by atoms with van der Waals surface area (Å²) in [6.07, 6.45) is 2.47. The second kappa shape index (κ2) is 13.8. The maximum Gasteiger partial charge on any atom is 0.305 e. The molecule has 12 nitrogen and oxygen atoms in total. The van der Waals surface area contributed by atoms with Crippen LogP contribution in [0.15, 0.2) is 42.5 Å². The van der Waals surface area contributed by atoms with Crippen LogP contribution in [0.25, 0.3) is 11.0 Å². The third-order valence-electron chi connectivity index (χ3n) is 7.02. The number of imidazole rings is 1. The summed E-state index contributed by atoms with van der Waals surface area (Å²) in [6, 6.07) is 11.7. The van der Waals surface area contributed by atoms with Crippen LogP contribution in [0.2, 0.25) is 0 Å². The van der Waals surface area contributed by atoms with Crippen LogP contribution < -0.4 is 16.4 Å². The molecule has 0 spiro atoms. The molecule has 0 bridgehead atoms. The maximum absolute atomic E-state index is 13.3. The Hall–Kier alpha value is -4.45. The quantitative estimate of drug-likeness (QED) is 0.197. The van der Waals surface area contributed by atoms with Crippen molar-refractivity contribution in [2.45, 2.75) is 51.2 Å². The van der Waals surface area contributed by atoms with Gasteiger partial charge >= 0.3 is 5.97 Å². The molecule has 1 aliphatic rings. The Bertz CT molecular complexity index is 1370. The zero-order valence-electron chi connectivity index (χ0n) is 23.2. The van der Waals surface area contributed by atoms with Gasteiger partial charge in [-0.2, -0.15) is 0 Å². The Morgan fingerprint density at radius 1 is 1.17 bits per heavy atom. The monoisotopic (exact) mass is 563 g/mol. The molecule has 41 heavy (non-hydrogen) atoms. The van der Waals surface area contributed by atoms with Crippen LogP contribution in [-0.2, 0) is 27.5 Å². The average molecular weight is 564 g/mol. The number of hydrogen-bond donors (Lipinski definition) is 5. The number of H-pyrrole nitrogens is 1. The highest BCUT2D eigenvalue weighted by Gasteiger charge is 2.31. The van der Waals surface area contributed by atoms with Crippen LogP contribution in [0, 0.1) is 0 Å². The molecule has 218 valence electrons. The molecular formula is C29H37N7O5. The van der Waals surface area contributed by atoms with Crippen molar-refractivity contribution in [2.24, 2.45) is 5.73 Å². The van der Waals surface area contributed by atoms with Crippen molar-refractivity contribution < 1.29 is 24.3 Å². The first-order valence-corrected chi connectivity index (χ1v) is 13.8. The van der Waals surface area contributed by atoms with Gasteiger partial charge in [-0.15, -0.1) is 0 Å². The van der Waals surface area contributed by atoms with Crippen molar-refractivity contribution in [3.63, 3.8) is 0 Å². The van der Waals surface area contributed by atoms with E-state index in [0.29, 0.717) is 35.6 Å². The molecule has 0 saturated heterocycles. The Morgan fingerprint density at radius 3 is 2.73 bits per heavy atom. The van der Waals surface area contributed by atoms with Crippen molar-refractivity contribution in [1.29, 1.82) is 0 Å². The fourth-order valence-electron chi connectivity index (χ4n) is 4.88. The summed E-state index contributed by atoms with van der Waals surface area (Å²) < 4.78 is 0. The fourth-order valence-corrected chi connectivity index (χ4v) is 4.88. The van der Waals surface area contributed by atoms with E-state index in [-0.39, 0.29) is 43.9 Å². The number of unbranched alkanes of at least 4 members (excludes halogenated alkanes) is 2. The van der Waals surface area contributed by atoms with Crippen molar-refractivity contribution in [2.75, 3.05) is 32.0 Å². The number of fused-ring (bicyclic) bond motifs is 2. The minimum atomic E-state index is -1.11. The minimum Gasteiger partial charge on any atom is -0.481 e. The number of aromatic nitrogens is 2. The molecule has 1 atom stereocenters. The Morgan fingerprint density at radius 2 is 1.98 bits per heavy atom. The van der Waals surface area contributed by atoms with Gasteiger partial charge in [-0.25, -0.2) is 4.98 Å². The summed E-state index contributed by atoms with van der Waals surface area (Å²) in [5.41, 5.74) is 8.91. The predicted molar refractivity (Wildman–Crippen MR) is 154 cm³/mol. The standard InChI is InChI=1S/C29H37N7O5/c1-35(18-25-33-22-7-4-5-8-23(22)34-25)28(40)19-10-11-21-20(15-19)17-36(29(41)24(32-21)16-27(38)39)14-13-31-26(37)9-3-2-6-12-30/h4-5,7-8,10-11,15,24,32H,2-3,6,9,12-14,16-18,30H2,1H3,(H,31,37)(H,33,34)(H,38,39)/t24-/m0/s1. The van der Waals surface area contributed by atoms with Gasteiger partial charge in [0.15, 0.2) is 0 Å². The molecule has 0 radical (unpaired) electrons. The van der Waals surface area contributed by atoms with Gasteiger partial charge in [0, 0.05) is 44.4 Å². The van der Waals surface area contributed by atoms with Crippen LogP contribution in [0.1, 0.15) is 53.8 Å². The number of rotatable bonds is 13. The van der Waals surface area contributed by atoms with E-state index in [1.54, 1.807) is 30.1 Å².